The molecule has 1 saturated heterocycles. The van der Waals surface area contributed by atoms with E-state index in [0.717, 1.165) is 70.6 Å². The third kappa shape index (κ3) is 52.2. The molecule has 11 nitrogen and oxygen atoms in total. The minimum atomic E-state index is -1.58. The molecule has 1 rings (SSSR count). The first kappa shape index (κ1) is 81.4. The van der Waals surface area contributed by atoms with Crippen LogP contribution in [0.5, 0.6) is 0 Å². The molecule has 0 bridgehead atoms. The predicted molar refractivity (Wildman–Crippen MR) is 361 cm³/mol. The zero-order valence-electron chi connectivity index (χ0n) is 55.8. The van der Waals surface area contributed by atoms with Crippen molar-refractivity contribution in [2.24, 2.45) is 0 Å². The number of allylic oxidation sites excluding steroid dienone is 9. The van der Waals surface area contributed by atoms with Crippen LogP contribution in [0.1, 0.15) is 341 Å². The van der Waals surface area contributed by atoms with E-state index in [-0.39, 0.29) is 18.5 Å². The number of carbonyl (C=O) groups excluding carboxylic acids is 2. The normalized spacial score (nSPS) is 18.2. The van der Waals surface area contributed by atoms with E-state index in [1.165, 1.54) is 244 Å². The Bertz CT molecular complexity index is 1610. The Morgan fingerprint density at radius 2 is 0.826 bits per heavy atom. The highest BCUT2D eigenvalue weighted by Crippen LogP contribution is 2.23. The van der Waals surface area contributed by atoms with Gasteiger partial charge in [-0.25, -0.2) is 0 Å². The number of ether oxygens (including phenoxy) is 3. The third-order valence-corrected chi connectivity index (χ3v) is 17.1. The summed E-state index contributed by atoms with van der Waals surface area (Å²) in [5.74, 6) is -0.185. The van der Waals surface area contributed by atoms with Crippen molar-refractivity contribution in [1.82, 2.24) is 5.32 Å². The summed E-state index contributed by atoms with van der Waals surface area (Å²) in [6.07, 6.45) is 75.4. The SMILES string of the molecule is CC/C=C/CC/C=C/CC/C=C/C(O)C(COC1OC(CO)C(O)C(O)C1O)NC(=O)CCCCCCCCCCCCCCCCCCC/C=C\C/C=C\CCCCCCCCCCCCCOC(=O)CCCCCCCCCCCCCCC. The van der Waals surface area contributed by atoms with Crippen molar-refractivity contribution >= 4 is 11.9 Å². The van der Waals surface area contributed by atoms with Crippen LogP contribution in [0.15, 0.2) is 60.8 Å². The average molecular weight is 1210 g/mol. The zero-order chi connectivity index (χ0) is 62.3. The van der Waals surface area contributed by atoms with Crippen LogP contribution in [0.2, 0.25) is 0 Å². The number of carbonyl (C=O) groups is 2. The highest BCUT2D eigenvalue weighted by Gasteiger charge is 2.44. The number of hydrogen-bond donors (Lipinski definition) is 6. The molecule has 1 aliphatic rings. The Hall–Kier alpha value is -2.64. The van der Waals surface area contributed by atoms with E-state index >= 15 is 0 Å². The molecule has 86 heavy (non-hydrogen) atoms. The Morgan fingerprint density at radius 1 is 0.442 bits per heavy atom. The van der Waals surface area contributed by atoms with Crippen LogP contribution in [-0.2, 0) is 23.8 Å². The van der Waals surface area contributed by atoms with E-state index in [4.69, 9.17) is 14.2 Å². The summed E-state index contributed by atoms with van der Waals surface area (Å²) in [4.78, 5) is 25.1. The largest absolute Gasteiger partial charge is 0.466 e. The van der Waals surface area contributed by atoms with Gasteiger partial charge in [-0.05, 0) is 83.5 Å². The fourth-order valence-corrected chi connectivity index (χ4v) is 11.4. The molecule has 0 saturated carbocycles. The van der Waals surface area contributed by atoms with Gasteiger partial charge in [-0.2, -0.15) is 0 Å². The van der Waals surface area contributed by atoms with E-state index in [0.29, 0.717) is 19.4 Å². The lowest BCUT2D eigenvalue weighted by Gasteiger charge is -2.40. The molecule has 0 aliphatic carbocycles. The van der Waals surface area contributed by atoms with Gasteiger partial charge in [0.15, 0.2) is 6.29 Å². The van der Waals surface area contributed by atoms with Crippen molar-refractivity contribution in [2.75, 3.05) is 19.8 Å². The Kier molecular flexibility index (Phi) is 60.5. The summed E-state index contributed by atoms with van der Waals surface area (Å²) in [5, 5.41) is 54.3. The molecule has 1 aliphatic heterocycles. The Morgan fingerprint density at radius 3 is 1.27 bits per heavy atom. The van der Waals surface area contributed by atoms with Gasteiger partial charge in [0, 0.05) is 12.8 Å². The highest BCUT2D eigenvalue weighted by atomic mass is 16.7. The van der Waals surface area contributed by atoms with Crippen molar-refractivity contribution in [1.29, 1.82) is 0 Å². The Balaban J connectivity index is 1.92. The van der Waals surface area contributed by atoms with Crippen LogP contribution < -0.4 is 5.32 Å². The number of esters is 1. The van der Waals surface area contributed by atoms with Gasteiger partial charge in [-0.3, -0.25) is 9.59 Å². The van der Waals surface area contributed by atoms with Crippen LogP contribution in [0.3, 0.4) is 0 Å². The van der Waals surface area contributed by atoms with E-state index < -0.39 is 49.5 Å². The molecule has 0 aromatic carbocycles. The van der Waals surface area contributed by atoms with Gasteiger partial charge < -0.3 is 45.1 Å². The second-order valence-electron chi connectivity index (χ2n) is 25.2. The van der Waals surface area contributed by atoms with Gasteiger partial charge in [-0.15, -0.1) is 0 Å². The van der Waals surface area contributed by atoms with Crippen LogP contribution in [0.25, 0.3) is 0 Å². The molecule has 0 aromatic rings. The summed E-state index contributed by atoms with van der Waals surface area (Å²) in [6.45, 7) is 4.23. The number of unbranched alkanes of at least 4 members (excludes halogenated alkanes) is 42. The maximum absolute atomic E-state index is 13.0. The molecule has 7 unspecified atom stereocenters. The van der Waals surface area contributed by atoms with Crippen LogP contribution in [-0.4, -0.2) is 100 Å². The van der Waals surface area contributed by atoms with Crippen LogP contribution in [0, 0.1) is 0 Å². The fourth-order valence-electron chi connectivity index (χ4n) is 11.4. The topological polar surface area (TPSA) is 175 Å². The number of nitrogens with one attached hydrogen (secondary N) is 1. The maximum Gasteiger partial charge on any atom is 0.305 e. The van der Waals surface area contributed by atoms with Crippen molar-refractivity contribution < 1.29 is 49.3 Å². The summed E-state index contributed by atoms with van der Waals surface area (Å²) >= 11 is 0. The number of amides is 1. The number of aliphatic hydroxyl groups is 5. The second kappa shape index (κ2) is 63.9. The van der Waals surface area contributed by atoms with Crippen molar-refractivity contribution in [3.8, 4) is 0 Å². The lowest BCUT2D eigenvalue weighted by Crippen LogP contribution is -2.60. The smallest absolute Gasteiger partial charge is 0.305 e. The van der Waals surface area contributed by atoms with Gasteiger partial charge in [0.05, 0.1) is 32.0 Å². The van der Waals surface area contributed by atoms with E-state index in [2.05, 4.69) is 67.8 Å². The third-order valence-electron chi connectivity index (χ3n) is 17.1. The molecule has 7 atom stereocenters. The molecule has 6 N–H and O–H groups in total. The monoisotopic (exact) mass is 1210 g/mol. The number of hydrogen-bond acceptors (Lipinski definition) is 10. The molecular formula is C75H137NO10. The molecule has 1 heterocycles. The van der Waals surface area contributed by atoms with Gasteiger partial charge in [0.2, 0.25) is 5.91 Å². The number of rotatable bonds is 64. The van der Waals surface area contributed by atoms with E-state index in [1.807, 2.05) is 6.08 Å². The predicted octanol–water partition coefficient (Wildman–Crippen LogP) is 18.9. The maximum atomic E-state index is 13.0. The molecule has 1 amide bonds. The summed E-state index contributed by atoms with van der Waals surface area (Å²) in [6, 6.07) is -0.833. The molecule has 0 aromatic heterocycles. The van der Waals surface area contributed by atoms with E-state index in [9.17, 15) is 35.1 Å². The minimum absolute atomic E-state index is 0.0112. The van der Waals surface area contributed by atoms with Crippen LogP contribution in [0.4, 0.5) is 0 Å². The second-order valence-corrected chi connectivity index (χ2v) is 25.2. The zero-order valence-corrected chi connectivity index (χ0v) is 55.8. The van der Waals surface area contributed by atoms with Crippen molar-refractivity contribution in [3.63, 3.8) is 0 Å². The molecule has 1 fully saturated rings. The van der Waals surface area contributed by atoms with Gasteiger partial charge in [0.25, 0.3) is 0 Å². The summed E-state index contributed by atoms with van der Waals surface area (Å²) in [5.41, 5.74) is 0. The van der Waals surface area contributed by atoms with Gasteiger partial charge in [-0.1, -0.05) is 306 Å². The lowest BCUT2D eigenvalue weighted by molar-refractivity contribution is -0.302. The minimum Gasteiger partial charge on any atom is -0.466 e. The first-order valence-electron chi connectivity index (χ1n) is 36.6. The standard InChI is InChI=1S/C75H137NO10/c1-3-5-7-9-11-13-15-39-43-47-51-55-59-63-71(80)84-64-60-56-52-48-44-41-38-36-34-32-30-28-26-24-22-20-18-16-17-19-21-23-25-27-29-31-33-35-37-40-42-46-50-54-58-62-70(79)76-67(66-85-75-74(83)73(82)72(81)69(65-77)86-75)68(78)61-57-53-49-45-14-12-10-8-6-4-2/h6,8,14,18,20,24,26,45,57,61,67-69,72-75,77-78,81-83H,3-5,7,9-13,15-17,19,21-23,25,27-44,46-56,58-60,62-66H2,1-2H3,(H,76,79)/b8-6+,20-18-,26-24-,45-14+,61-57+. The van der Waals surface area contributed by atoms with Crippen molar-refractivity contribution in [2.45, 2.75) is 384 Å². The molecule has 0 radical (unpaired) electrons. The molecular weight excluding hydrogens is 1070 g/mol. The average Bonchev–Trinajstić information content (AvgIpc) is 2.53. The lowest BCUT2D eigenvalue weighted by atomic mass is 9.99. The van der Waals surface area contributed by atoms with Gasteiger partial charge in [0.1, 0.15) is 24.4 Å². The Labute approximate surface area is 528 Å². The summed E-state index contributed by atoms with van der Waals surface area (Å²) in [7, 11) is 0. The fraction of sp³-hybridized carbons (Fsp3) is 0.840. The quantitative estimate of drug-likeness (QED) is 0.0195. The molecule has 0 spiro atoms. The number of aliphatic hydroxyl groups excluding tert-OH is 5. The first-order chi connectivity index (χ1) is 42.2. The van der Waals surface area contributed by atoms with Crippen molar-refractivity contribution in [3.05, 3.63) is 60.8 Å². The highest BCUT2D eigenvalue weighted by molar-refractivity contribution is 5.76. The first-order valence-corrected chi connectivity index (χ1v) is 36.6. The van der Waals surface area contributed by atoms with Gasteiger partial charge >= 0.3 is 5.97 Å². The molecule has 502 valence electrons. The summed E-state index contributed by atoms with van der Waals surface area (Å²) < 4.78 is 16.7. The van der Waals surface area contributed by atoms with E-state index in [1.54, 1.807) is 6.08 Å². The van der Waals surface area contributed by atoms with Crippen LogP contribution >= 0.6 is 0 Å². The molecule has 11 heteroatoms.